The zero-order valence-electron chi connectivity index (χ0n) is 9.09. The van der Waals surface area contributed by atoms with Crippen LogP contribution in [0.4, 0.5) is 5.00 Å². The smallest absolute Gasteiger partial charge is 0.251 e. The Kier molecular flexibility index (Phi) is 2.26. The van der Waals surface area contributed by atoms with Gasteiger partial charge in [0.05, 0.1) is 10.6 Å². The molecule has 0 saturated carbocycles. The summed E-state index contributed by atoms with van der Waals surface area (Å²) in [5.41, 5.74) is 13.2. The number of fused-ring (bicyclic) bond motifs is 1. The zero-order chi connectivity index (χ0) is 11.2. The lowest BCUT2D eigenvalue weighted by Gasteiger charge is -2.29. The first-order chi connectivity index (χ1) is 6.91. The summed E-state index contributed by atoms with van der Waals surface area (Å²) in [6.07, 6.45) is 3.02. The fourth-order valence-electron chi connectivity index (χ4n) is 2.20. The second kappa shape index (κ2) is 3.23. The second-order valence-corrected chi connectivity index (χ2v) is 6.09. The molecule has 4 N–H and O–H groups in total. The summed E-state index contributed by atoms with van der Waals surface area (Å²) in [6.45, 7) is 4.49. The molecule has 1 aliphatic carbocycles. The normalized spacial score (nSPS) is 18.5. The van der Waals surface area contributed by atoms with Gasteiger partial charge in [0.2, 0.25) is 0 Å². The number of hydrogen-bond acceptors (Lipinski definition) is 3. The average molecular weight is 224 g/mol. The Morgan fingerprint density at radius 2 is 2.13 bits per heavy atom. The highest BCUT2D eigenvalue weighted by atomic mass is 32.1. The number of hydrogen-bond donors (Lipinski definition) is 2. The van der Waals surface area contributed by atoms with Gasteiger partial charge in [-0.2, -0.15) is 0 Å². The van der Waals surface area contributed by atoms with Crippen molar-refractivity contribution in [1.82, 2.24) is 0 Å². The van der Waals surface area contributed by atoms with Crippen LogP contribution in [0.2, 0.25) is 0 Å². The summed E-state index contributed by atoms with van der Waals surface area (Å²) in [5.74, 6) is -0.385. The maximum absolute atomic E-state index is 11.3. The van der Waals surface area contributed by atoms with Crippen LogP contribution in [-0.2, 0) is 12.8 Å². The van der Waals surface area contributed by atoms with Crippen LogP contribution < -0.4 is 11.5 Å². The quantitative estimate of drug-likeness (QED) is 0.765. The van der Waals surface area contributed by atoms with Crippen LogP contribution in [0.1, 0.15) is 41.1 Å². The minimum Gasteiger partial charge on any atom is -0.390 e. The Labute approximate surface area is 93.5 Å². The number of carbonyl (C=O) groups is 1. The Balaban J connectivity index is 2.48. The predicted molar refractivity (Wildman–Crippen MR) is 63.1 cm³/mol. The first-order valence-corrected chi connectivity index (χ1v) is 5.92. The molecule has 0 aliphatic heterocycles. The van der Waals surface area contributed by atoms with Crippen molar-refractivity contribution in [2.45, 2.75) is 33.1 Å². The molecule has 0 bridgehead atoms. The van der Waals surface area contributed by atoms with E-state index in [4.69, 9.17) is 11.5 Å². The van der Waals surface area contributed by atoms with E-state index in [1.54, 1.807) is 0 Å². The number of carbonyl (C=O) groups excluding carboxylic acids is 1. The molecule has 1 aromatic rings. The first kappa shape index (κ1) is 10.5. The minimum atomic E-state index is -0.385. The van der Waals surface area contributed by atoms with Crippen molar-refractivity contribution < 1.29 is 4.79 Å². The van der Waals surface area contributed by atoms with Crippen LogP contribution in [-0.4, -0.2) is 5.91 Å². The molecule has 82 valence electrons. The molecule has 4 heteroatoms. The standard InChI is InChI=1S/C11H16N2OS/c1-11(2)4-3-6-7(5-11)15-10(13)8(6)9(12)14/h3-5,13H2,1-2H3,(H2,12,14). The third-order valence-electron chi connectivity index (χ3n) is 3.06. The maximum atomic E-state index is 11.3. The highest BCUT2D eigenvalue weighted by Gasteiger charge is 2.30. The van der Waals surface area contributed by atoms with Gasteiger partial charge in [0, 0.05) is 4.88 Å². The van der Waals surface area contributed by atoms with Crippen LogP contribution in [0.15, 0.2) is 0 Å². The van der Waals surface area contributed by atoms with E-state index < -0.39 is 0 Å². The number of amides is 1. The molecule has 1 aromatic heterocycles. The molecule has 0 spiro atoms. The number of primary amides is 1. The van der Waals surface area contributed by atoms with Gasteiger partial charge in [0.25, 0.3) is 5.91 Å². The summed E-state index contributed by atoms with van der Waals surface area (Å²) in [6, 6.07) is 0. The molecular weight excluding hydrogens is 208 g/mol. The highest BCUT2D eigenvalue weighted by Crippen LogP contribution is 2.42. The van der Waals surface area contributed by atoms with E-state index >= 15 is 0 Å². The predicted octanol–water partition coefficient (Wildman–Crippen LogP) is 1.94. The van der Waals surface area contributed by atoms with Gasteiger partial charge < -0.3 is 11.5 Å². The van der Waals surface area contributed by atoms with Crippen molar-refractivity contribution >= 4 is 22.2 Å². The maximum Gasteiger partial charge on any atom is 0.251 e. The Morgan fingerprint density at radius 3 is 2.73 bits per heavy atom. The Morgan fingerprint density at radius 1 is 1.47 bits per heavy atom. The van der Waals surface area contributed by atoms with Gasteiger partial charge in [-0.1, -0.05) is 13.8 Å². The third kappa shape index (κ3) is 1.74. The van der Waals surface area contributed by atoms with Gasteiger partial charge in [-0.15, -0.1) is 11.3 Å². The Hall–Kier alpha value is -1.03. The van der Waals surface area contributed by atoms with E-state index in [1.807, 2.05) is 0 Å². The van der Waals surface area contributed by atoms with E-state index in [0.717, 1.165) is 24.8 Å². The molecule has 0 fully saturated rings. The average Bonchev–Trinajstić information content (AvgIpc) is 2.37. The van der Waals surface area contributed by atoms with E-state index in [2.05, 4.69) is 13.8 Å². The number of rotatable bonds is 1. The molecule has 0 aromatic carbocycles. The topological polar surface area (TPSA) is 69.1 Å². The molecule has 1 heterocycles. The summed E-state index contributed by atoms with van der Waals surface area (Å²) in [5, 5.41) is 0.588. The van der Waals surface area contributed by atoms with Crippen LogP contribution in [0, 0.1) is 5.41 Å². The molecule has 2 rings (SSSR count). The number of anilines is 1. The summed E-state index contributed by atoms with van der Waals surface area (Å²) in [4.78, 5) is 12.5. The van der Waals surface area contributed by atoms with Gasteiger partial charge in [0.1, 0.15) is 0 Å². The lowest BCUT2D eigenvalue weighted by Crippen LogP contribution is -2.23. The van der Waals surface area contributed by atoms with E-state index in [0.29, 0.717) is 16.0 Å². The van der Waals surface area contributed by atoms with Crippen LogP contribution in [0.3, 0.4) is 0 Å². The largest absolute Gasteiger partial charge is 0.390 e. The highest BCUT2D eigenvalue weighted by molar-refractivity contribution is 7.16. The van der Waals surface area contributed by atoms with Gasteiger partial charge in [0.15, 0.2) is 0 Å². The van der Waals surface area contributed by atoms with E-state index in [9.17, 15) is 4.79 Å². The summed E-state index contributed by atoms with van der Waals surface area (Å²) in [7, 11) is 0. The number of nitrogens with two attached hydrogens (primary N) is 2. The van der Waals surface area contributed by atoms with Crippen molar-refractivity contribution in [2.75, 3.05) is 5.73 Å². The van der Waals surface area contributed by atoms with Gasteiger partial charge in [-0.05, 0) is 30.2 Å². The van der Waals surface area contributed by atoms with Crippen molar-refractivity contribution in [3.63, 3.8) is 0 Å². The molecule has 1 aliphatic rings. The van der Waals surface area contributed by atoms with Crippen LogP contribution >= 0.6 is 11.3 Å². The second-order valence-electron chi connectivity index (χ2n) is 4.95. The molecule has 0 unspecified atom stereocenters. The lowest BCUT2D eigenvalue weighted by atomic mass is 9.77. The molecule has 0 radical (unpaired) electrons. The summed E-state index contributed by atoms with van der Waals surface area (Å²) < 4.78 is 0. The monoisotopic (exact) mass is 224 g/mol. The number of thiophene rings is 1. The van der Waals surface area contributed by atoms with Crippen molar-refractivity contribution in [3.8, 4) is 0 Å². The van der Waals surface area contributed by atoms with E-state index in [1.165, 1.54) is 16.2 Å². The fraction of sp³-hybridized carbons (Fsp3) is 0.545. The molecule has 3 nitrogen and oxygen atoms in total. The van der Waals surface area contributed by atoms with Gasteiger partial charge in [-0.3, -0.25) is 4.79 Å². The molecule has 1 amide bonds. The fourth-order valence-corrected chi connectivity index (χ4v) is 3.58. The SMILES string of the molecule is CC1(C)CCc2c(sc(N)c2C(N)=O)C1. The molecule has 15 heavy (non-hydrogen) atoms. The van der Waals surface area contributed by atoms with Crippen LogP contribution in [0.25, 0.3) is 0 Å². The molecular formula is C11H16N2OS. The van der Waals surface area contributed by atoms with Crippen molar-refractivity contribution in [2.24, 2.45) is 11.1 Å². The minimum absolute atomic E-state index is 0.319. The lowest BCUT2D eigenvalue weighted by molar-refractivity contribution is 0.1000. The van der Waals surface area contributed by atoms with Gasteiger partial charge >= 0.3 is 0 Å². The Bertz CT molecular complexity index is 420. The summed E-state index contributed by atoms with van der Waals surface area (Å²) >= 11 is 1.52. The van der Waals surface area contributed by atoms with Crippen LogP contribution in [0.5, 0.6) is 0 Å². The molecule has 0 atom stereocenters. The first-order valence-electron chi connectivity index (χ1n) is 5.10. The van der Waals surface area contributed by atoms with Gasteiger partial charge in [-0.25, -0.2) is 0 Å². The molecule has 0 saturated heterocycles. The third-order valence-corrected chi connectivity index (χ3v) is 4.12. The zero-order valence-corrected chi connectivity index (χ0v) is 9.91. The van der Waals surface area contributed by atoms with E-state index in [-0.39, 0.29) is 5.91 Å². The number of nitrogen functional groups attached to an aromatic ring is 1. The van der Waals surface area contributed by atoms with Crippen molar-refractivity contribution in [3.05, 3.63) is 16.0 Å². The van der Waals surface area contributed by atoms with Crippen molar-refractivity contribution in [1.29, 1.82) is 0 Å².